The molecular weight excluding hydrogens is 188 g/mol. The SMILES string of the molecule is C[C@@H](O)c1cc(F)c(F)c(F)c1F. The minimum atomic E-state index is -1.91. The smallest absolute Gasteiger partial charge is 0.197 e. The minimum Gasteiger partial charge on any atom is -0.389 e. The van der Waals surface area contributed by atoms with Crippen molar-refractivity contribution in [3.63, 3.8) is 0 Å². The van der Waals surface area contributed by atoms with Crippen LogP contribution in [0.3, 0.4) is 0 Å². The van der Waals surface area contributed by atoms with Gasteiger partial charge in [0.15, 0.2) is 23.3 Å². The molecule has 5 heteroatoms. The topological polar surface area (TPSA) is 20.2 Å². The van der Waals surface area contributed by atoms with Gasteiger partial charge in [0.1, 0.15) is 0 Å². The summed E-state index contributed by atoms with van der Waals surface area (Å²) in [6.07, 6.45) is -1.38. The van der Waals surface area contributed by atoms with Gasteiger partial charge in [-0.1, -0.05) is 0 Å². The largest absolute Gasteiger partial charge is 0.389 e. The molecular formula is C8H6F4O. The van der Waals surface area contributed by atoms with Crippen LogP contribution in [-0.2, 0) is 0 Å². The molecule has 0 fully saturated rings. The molecule has 0 aliphatic heterocycles. The van der Waals surface area contributed by atoms with Gasteiger partial charge in [-0.2, -0.15) is 0 Å². The number of aliphatic hydroxyl groups excluding tert-OH is 1. The van der Waals surface area contributed by atoms with E-state index in [1.807, 2.05) is 0 Å². The molecule has 1 rings (SSSR count). The molecule has 0 bridgehead atoms. The fourth-order valence-electron chi connectivity index (χ4n) is 0.895. The Morgan fingerprint density at radius 2 is 1.62 bits per heavy atom. The molecule has 0 saturated carbocycles. The summed E-state index contributed by atoms with van der Waals surface area (Å²) in [5.41, 5.74) is -0.601. The quantitative estimate of drug-likeness (QED) is 0.413. The van der Waals surface area contributed by atoms with Crippen molar-refractivity contribution < 1.29 is 22.7 Å². The highest BCUT2D eigenvalue weighted by atomic mass is 19.2. The fraction of sp³-hybridized carbons (Fsp3) is 0.250. The van der Waals surface area contributed by atoms with E-state index in [-0.39, 0.29) is 0 Å². The van der Waals surface area contributed by atoms with Gasteiger partial charge >= 0.3 is 0 Å². The first-order valence-electron chi connectivity index (χ1n) is 3.46. The van der Waals surface area contributed by atoms with Crippen LogP contribution in [0.2, 0.25) is 0 Å². The average Bonchev–Trinajstić information content (AvgIpc) is 2.07. The molecule has 72 valence electrons. The van der Waals surface area contributed by atoms with Crippen molar-refractivity contribution >= 4 is 0 Å². The molecule has 0 radical (unpaired) electrons. The predicted molar refractivity (Wildman–Crippen MR) is 36.9 cm³/mol. The summed E-state index contributed by atoms with van der Waals surface area (Å²) in [5, 5.41) is 8.85. The van der Waals surface area contributed by atoms with Gasteiger partial charge in [0, 0.05) is 5.56 Å². The van der Waals surface area contributed by atoms with E-state index in [2.05, 4.69) is 0 Å². The van der Waals surface area contributed by atoms with E-state index in [1.54, 1.807) is 0 Å². The number of halogens is 4. The van der Waals surface area contributed by atoms with Crippen LogP contribution in [-0.4, -0.2) is 5.11 Å². The van der Waals surface area contributed by atoms with Gasteiger partial charge in [-0.15, -0.1) is 0 Å². The highest BCUT2D eigenvalue weighted by Gasteiger charge is 2.20. The van der Waals surface area contributed by atoms with Crippen LogP contribution in [0.25, 0.3) is 0 Å². The molecule has 0 amide bonds. The molecule has 0 saturated heterocycles. The van der Waals surface area contributed by atoms with E-state index in [0.717, 1.165) is 6.92 Å². The molecule has 1 N–H and O–H groups in total. The number of benzene rings is 1. The third kappa shape index (κ3) is 1.65. The summed E-state index contributed by atoms with van der Waals surface area (Å²) in [6.45, 7) is 1.12. The molecule has 0 aromatic heterocycles. The zero-order chi connectivity index (χ0) is 10.2. The first kappa shape index (κ1) is 9.98. The van der Waals surface area contributed by atoms with Crippen molar-refractivity contribution in [2.75, 3.05) is 0 Å². The number of hydrogen-bond donors (Lipinski definition) is 1. The zero-order valence-corrected chi connectivity index (χ0v) is 6.61. The molecule has 0 heterocycles. The van der Waals surface area contributed by atoms with Crippen molar-refractivity contribution in [2.24, 2.45) is 0 Å². The number of aliphatic hydroxyl groups is 1. The second kappa shape index (κ2) is 3.33. The highest BCUT2D eigenvalue weighted by Crippen LogP contribution is 2.23. The lowest BCUT2D eigenvalue weighted by molar-refractivity contribution is 0.191. The Labute approximate surface area is 71.6 Å². The number of rotatable bonds is 1. The van der Waals surface area contributed by atoms with Crippen molar-refractivity contribution in [3.8, 4) is 0 Å². The molecule has 1 atom stereocenters. The molecule has 13 heavy (non-hydrogen) atoms. The lowest BCUT2D eigenvalue weighted by atomic mass is 10.1. The van der Waals surface area contributed by atoms with Crippen LogP contribution in [0.4, 0.5) is 17.6 Å². The Bertz CT molecular complexity index is 335. The third-order valence-electron chi connectivity index (χ3n) is 1.58. The zero-order valence-electron chi connectivity index (χ0n) is 6.61. The summed E-state index contributed by atoms with van der Waals surface area (Å²) in [5.74, 6) is -6.86. The van der Waals surface area contributed by atoms with E-state index < -0.39 is 34.9 Å². The second-order valence-corrected chi connectivity index (χ2v) is 2.57. The van der Waals surface area contributed by atoms with E-state index in [9.17, 15) is 17.6 Å². The van der Waals surface area contributed by atoms with Crippen LogP contribution >= 0.6 is 0 Å². The molecule has 0 aliphatic carbocycles. The summed E-state index contributed by atoms with van der Waals surface area (Å²) in [4.78, 5) is 0. The standard InChI is InChI=1S/C8H6F4O/c1-3(13)4-2-5(9)7(11)8(12)6(4)10/h2-3,13H,1H3/t3-/m1/s1. The first-order chi connectivity index (χ1) is 5.95. The van der Waals surface area contributed by atoms with E-state index in [1.165, 1.54) is 0 Å². The maximum atomic E-state index is 12.8. The van der Waals surface area contributed by atoms with Crippen molar-refractivity contribution in [1.82, 2.24) is 0 Å². The average molecular weight is 194 g/mol. The lowest BCUT2D eigenvalue weighted by Gasteiger charge is -2.07. The van der Waals surface area contributed by atoms with Gasteiger partial charge in [-0.3, -0.25) is 0 Å². The van der Waals surface area contributed by atoms with Crippen molar-refractivity contribution in [3.05, 3.63) is 34.9 Å². The van der Waals surface area contributed by atoms with Crippen LogP contribution in [0.15, 0.2) is 6.07 Å². The van der Waals surface area contributed by atoms with Crippen molar-refractivity contribution in [1.29, 1.82) is 0 Å². The van der Waals surface area contributed by atoms with Gasteiger partial charge in [0.05, 0.1) is 6.10 Å². The Kier molecular flexibility index (Phi) is 2.56. The van der Waals surface area contributed by atoms with E-state index in [0.29, 0.717) is 6.07 Å². The summed E-state index contributed by atoms with van der Waals surface area (Å²) >= 11 is 0. The van der Waals surface area contributed by atoms with Crippen LogP contribution < -0.4 is 0 Å². The monoisotopic (exact) mass is 194 g/mol. The molecule has 0 unspecified atom stereocenters. The predicted octanol–water partition coefficient (Wildman–Crippen LogP) is 2.30. The Balaban J connectivity index is 3.41. The maximum absolute atomic E-state index is 12.8. The molecule has 1 aromatic rings. The Morgan fingerprint density at radius 1 is 1.08 bits per heavy atom. The fourth-order valence-corrected chi connectivity index (χ4v) is 0.895. The van der Waals surface area contributed by atoms with Crippen LogP contribution in [0.5, 0.6) is 0 Å². The van der Waals surface area contributed by atoms with E-state index >= 15 is 0 Å². The third-order valence-corrected chi connectivity index (χ3v) is 1.58. The molecule has 1 aromatic carbocycles. The maximum Gasteiger partial charge on any atom is 0.197 e. The second-order valence-electron chi connectivity index (χ2n) is 2.57. The van der Waals surface area contributed by atoms with Gasteiger partial charge in [0.2, 0.25) is 0 Å². The van der Waals surface area contributed by atoms with E-state index in [4.69, 9.17) is 5.11 Å². The van der Waals surface area contributed by atoms with Gasteiger partial charge in [-0.05, 0) is 13.0 Å². The van der Waals surface area contributed by atoms with Crippen LogP contribution in [0, 0.1) is 23.3 Å². The summed E-state index contributed by atoms with van der Waals surface area (Å²) in [6, 6.07) is 0.429. The first-order valence-corrected chi connectivity index (χ1v) is 3.46. The summed E-state index contributed by atoms with van der Waals surface area (Å²) < 4.78 is 50.1. The highest BCUT2D eigenvalue weighted by molar-refractivity contribution is 5.23. The molecule has 0 aliphatic rings. The van der Waals surface area contributed by atoms with Crippen molar-refractivity contribution in [2.45, 2.75) is 13.0 Å². The minimum absolute atomic E-state index is 0.429. The molecule has 1 nitrogen and oxygen atoms in total. The lowest BCUT2D eigenvalue weighted by Crippen LogP contribution is -2.04. The number of hydrogen-bond acceptors (Lipinski definition) is 1. The Hall–Kier alpha value is -1.10. The van der Waals surface area contributed by atoms with Gasteiger partial charge in [-0.25, -0.2) is 17.6 Å². The Morgan fingerprint density at radius 3 is 2.08 bits per heavy atom. The summed E-state index contributed by atoms with van der Waals surface area (Å²) in [7, 11) is 0. The normalized spacial score (nSPS) is 13.1. The van der Waals surface area contributed by atoms with Crippen LogP contribution in [0.1, 0.15) is 18.6 Å². The van der Waals surface area contributed by atoms with Gasteiger partial charge in [0.25, 0.3) is 0 Å². The molecule has 0 spiro atoms. The van der Waals surface area contributed by atoms with Gasteiger partial charge < -0.3 is 5.11 Å².